The van der Waals surface area contributed by atoms with Gasteiger partial charge in [0.1, 0.15) is 11.9 Å². The summed E-state index contributed by atoms with van der Waals surface area (Å²) in [5.41, 5.74) is 1.01. The first-order valence-electron chi connectivity index (χ1n) is 4.98. The zero-order chi connectivity index (χ0) is 11.4. The summed E-state index contributed by atoms with van der Waals surface area (Å²) in [6.45, 7) is 5.53. The van der Waals surface area contributed by atoms with Crippen LogP contribution in [0.15, 0.2) is 24.3 Å². The molecule has 0 spiro atoms. The maximum atomic E-state index is 10.5. The monoisotopic (exact) mass is 207 g/mol. The van der Waals surface area contributed by atoms with Crippen molar-refractivity contribution >= 4 is 5.97 Å². The molecule has 0 bridgehead atoms. The molecule has 0 aliphatic rings. The van der Waals surface area contributed by atoms with Crippen LogP contribution in [0.5, 0.6) is 5.75 Å². The summed E-state index contributed by atoms with van der Waals surface area (Å²) in [5, 5.41) is 10.5. The minimum atomic E-state index is -1.20. The Morgan fingerprint density at radius 2 is 1.87 bits per heavy atom. The SMILES string of the molecule is CC(C)c1ccccc1O[C@H](C)C(=O)[O-]. The molecule has 3 nitrogen and oxygen atoms in total. The summed E-state index contributed by atoms with van der Waals surface area (Å²) < 4.78 is 5.31. The van der Waals surface area contributed by atoms with Crippen molar-refractivity contribution in [2.75, 3.05) is 0 Å². The van der Waals surface area contributed by atoms with E-state index in [0.29, 0.717) is 11.7 Å². The lowest BCUT2D eigenvalue weighted by Gasteiger charge is -2.19. The number of carbonyl (C=O) groups is 1. The van der Waals surface area contributed by atoms with Crippen LogP contribution in [0.25, 0.3) is 0 Å². The van der Waals surface area contributed by atoms with Gasteiger partial charge in [0.2, 0.25) is 0 Å². The number of ether oxygens (including phenoxy) is 1. The number of carbonyl (C=O) groups excluding carboxylic acids is 1. The summed E-state index contributed by atoms with van der Waals surface area (Å²) in [6.07, 6.45) is -0.926. The molecule has 0 heterocycles. The molecular weight excluding hydrogens is 192 g/mol. The number of aliphatic carboxylic acids is 1. The van der Waals surface area contributed by atoms with Crippen molar-refractivity contribution in [3.05, 3.63) is 29.8 Å². The van der Waals surface area contributed by atoms with E-state index in [1.807, 2.05) is 32.0 Å². The van der Waals surface area contributed by atoms with Crippen LogP contribution in [-0.2, 0) is 4.79 Å². The molecule has 3 heteroatoms. The molecule has 0 saturated heterocycles. The Labute approximate surface area is 89.7 Å². The van der Waals surface area contributed by atoms with Crippen molar-refractivity contribution in [3.63, 3.8) is 0 Å². The van der Waals surface area contributed by atoms with Crippen LogP contribution in [0.2, 0.25) is 0 Å². The lowest BCUT2D eigenvalue weighted by atomic mass is 10.0. The van der Waals surface area contributed by atoms with E-state index < -0.39 is 12.1 Å². The van der Waals surface area contributed by atoms with Crippen LogP contribution in [0.1, 0.15) is 32.3 Å². The normalized spacial score (nSPS) is 12.5. The lowest BCUT2D eigenvalue weighted by molar-refractivity contribution is -0.312. The highest BCUT2D eigenvalue weighted by molar-refractivity contribution is 5.70. The first-order chi connectivity index (χ1) is 7.02. The molecule has 0 aliphatic carbocycles. The van der Waals surface area contributed by atoms with Crippen LogP contribution in [0, 0.1) is 0 Å². The predicted octanol–water partition coefficient (Wildman–Crippen LogP) is 1.33. The average molecular weight is 207 g/mol. The average Bonchev–Trinajstić information content (AvgIpc) is 2.18. The molecule has 0 aromatic heterocycles. The van der Waals surface area contributed by atoms with Gasteiger partial charge in [-0.3, -0.25) is 0 Å². The van der Waals surface area contributed by atoms with Gasteiger partial charge in [-0.2, -0.15) is 0 Å². The highest BCUT2D eigenvalue weighted by Crippen LogP contribution is 2.26. The number of carboxylic acids is 1. The molecular formula is C12H15O3-. The Balaban J connectivity index is 2.89. The third-order valence-electron chi connectivity index (χ3n) is 2.18. The van der Waals surface area contributed by atoms with Gasteiger partial charge < -0.3 is 14.6 Å². The Bertz CT molecular complexity index is 344. The molecule has 1 aromatic rings. The summed E-state index contributed by atoms with van der Waals surface area (Å²) in [7, 11) is 0. The van der Waals surface area contributed by atoms with Gasteiger partial charge in [0.05, 0.1) is 5.97 Å². The Morgan fingerprint density at radius 1 is 1.27 bits per heavy atom. The largest absolute Gasteiger partial charge is 0.546 e. The number of benzene rings is 1. The topological polar surface area (TPSA) is 49.4 Å². The molecule has 1 atom stereocenters. The van der Waals surface area contributed by atoms with Gasteiger partial charge in [-0.15, -0.1) is 0 Å². The molecule has 0 N–H and O–H groups in total. The standard InChI is InChI=1S/C12H16O3/c1-8(2)10-6-4-5-7-11(10)15-9(3)12(13)14/h4-9H,1-3H3,(H,13,14)/p-1/t9-/m1/s1. The highest BCUT2D eigenvalue weighted by Gasteiger charge is 2.10. The molecule has 0 unspecified atom stereocenters. The molecule has 1 aromatic carbocycles. The van der Waals surface area contributed by atoms with Crippen molar-refractivity contribution in [2.45, 2.75) is 32.8 Å². The van der Waals surface area contributed by atoms with Gasteiger partial charge >= 0.3 is 0 Å². The predicted molar refractivity (Wildman–Crippen MR) is 55.6 cm³/mol. The van der Waals surface area contributed by atoms with E-state index in [2.05, 4.69) is 0 Å². The highest BCUT2D eigenvalue weighted by atomic mass is 16.5. The Morgan fingerprint density at radius 3 is 2.40 bits per heavy atom. The van der Waals surface area contributed by atoms with Crippen molar-refractivity contribution in [3.8, 4) is 5.75 Å². The van der Waals surface area contributed by atoms with E-state index in [1.54, 1.807) is 6.07 Å². The van der Waals surface area contributed by atoms with Gasteiger partial charge in [-0.1, -0.05) is 32.0 Å². The number of carboxylic acid groups (broad SMARTS) is 1. The van der Waals surface area contributed by atoms with Crippen LogP contribution < -0.4 is 9.84 Å². The first-order valence-corrected chi connectivity index (χ1v) is 4.98. The summed E-state index contributed by atoms with van der Waals surface area (Å²) in [4.78, 5) is 10.5. The van der Waals surface area contributed by atoms with Gasteiger partial charge in [-0.05, 0) is 24.5 Å². The van der Waals surface area contributed by atoms with E-state index >= 15 is 0 Å². The molecule has 1 rings (SSSR count). The van der Waals surface area contributed by atoms with Crippen LogP contribution in [0.3, 0.4) is 0 Å². The fraction of sp³-hybridized carbons (Fsp3) is 0.417. The molecule has 0 radical (unpaired) electrons. The number of hydrogen-bond donors (Lipinski definition) is 0. The smallest absolute Gasteiger partial charge is 0.135 e. The molecule has 0 saturated carbocycles. The van der Waals surface area contributed by atoms with Gasteiger partial charge in [0, 0.05) is 0 Å². The van der Waals surface area contributed by atoms with Crippen LogP contribution in [-0.4, -0.2) is 12.1 Å². The van der Waals surface area contributed by atoms with E-state index in [0.717, 1.165) is 5.56 Å². The second-order valence-corrected chi connectivity index (χ2v) is 3.77. The summed E-state index contributed by atoms with van der Waals surface area (Å²) in [6, 6.07) is 7.44. The lowest BCUT2D eigenvalue weighted by Crippen LogP contribution is -2.37. The quantitative estimate of drug-likeness (QED) is 0.748. The molecule has 0 fully saturated rings. The van der Waals surface area contributed by atoms with Gasteiger partial charge in [-0.25, -0.2) is 0 Å². The van der Waals surface area contributed by atoms with Crippen molar-refractivity contribution in [1.82, 2.24) is 0 Å². The minimum Gasteiger partial charge on any atom is -0.546 e. The second-order valence-electron chi connectivity index (χ2n) is 3.77. The molecule has 0 amide bonds. The van der Waals surface area contributed by atoms with Crippen LogP contribution >= 0.6 is 0 Å². The zero-order valence-corrected chi connectivity index (χ0v) is 9.19. The van der Waals surface area contributed by atoms with E-state index in [4.69, 9.17) is 4.74 Å². The third-order valence-corrected chi connectivity index (χ3v) is 2.18. The third kappa shape index (κ3) is 2.98. The van der Waals surface area contributed by atoms with E-state index in [1.165, 1.54) is 6.92 Å². The van der Waals surface area contributed by atoms with E-state index in [-0.39, 0.29) is 0 Å². The molecule has 82 valence electrons. The molecule has 0 aliphatic heterocycles. The van der Waals surface area contributed by atoms with Crippen molar-refractivity contribution < 1.29 is 14.6 Å². The fourth-order valence-corrected chi connectivity index (χ4v) is 1.30. The maximum Gasteiger partial charge on any atom is 0.135 e. The van der Waals surface area contributed by atoms with Gasteiger partial charge in [0.15, 0.2) is 0 Å². The second kappa shape index (κ2) is 4.82. The number of para-hydroxylation sites is 1. The Kier molecular flexibility index (Phi) is 3.72. The zero-order valence-electron chi connectivity index (χ0n) is 9.19. The maximum absolute atomic E-state index is 10.5. The fourth-order valence-electron chi connectivity index (χ4n) is 1.30. The van der Waals surface area contributed by atoms with Gasteiger partial charge in [0.25, 0.3) is 0 Å². The summed E-state index contributed by atoms with van der Waals surface area (Å²) >= 11 is 0. The van der Waals surface area contributed by atoms with E-state index in [9.17, 15) is 9.90 Å². The summed E-state index contributed by atoms with van der Waals surface area (Å²) in [5.74, 6) is -0.284. The minimum absolute atomic E-state index is 0.301. The van der Waals surface area contributed by atoms with Crippen molar-refractivity contribution in [2.24, 2.45) is 0 Å². The Hall–Kier alpha value is -1.51. The first kappa shape index (κ1) is 11.6. The molecule has 15 heavy (non-hydrogen) atoms. The van der Waals surface area contributed by atoms with Crippen molar-refractivity contribution in [1.29, 1.82) is 0 Å². The van der Waals surface area contributed by atoms with Crippen LogP contribution in [0.4, 0.5) is 0 Å². The number of hydrogen-bond acceptors (Lipinski definition) is 3. The number of rotatable bonds is 4.